The van der Waals surface area contributed by atoms with Gasteiger partial charge in [0, 0.05) is 12.7 Å². The Morgan fingerprint density at radius 3 is 2.50 bits per heavy atom. The normalized spacial score (nSPS) is 26.8. The van der Waals surface area contributed by atoms with Crippen LogP contribution in [0.4, 0.5) is 0 Å². The Morgan fingerprint density at radius 1 is 1.36 bits per heavy atom. The van der Waals surface area contributed by atoms with Crippen LogP contribution in [0, 0.1) is 0 Å². The minimum atomic E-state index is -0.422. The number of aromatic nitrogens is 2. The molecule has 0 spiro atoms. The lowest BCUT2D eigenvalue weighted by Gasteiger charge is -2.21. The van der Waals surface area contributed by atoms with Crippen LogP contribution < -0.4 is 0 Å². The van der Waals surface area contributed by atoms with Gasteiger partial charge in [-0.2, -0.15) is 0 Å². The van der Waals surface area contributed by atoms with Crippen molar-refractivity contribution >= 4 is 23.2 Å². The van der Waals surface area contributed by atoms with Crippen molar-refractivity contribution in [3.05, 3.63) is 22.2 Å². The highest BCUT2D eigenvalue weighted by Gasteiger charge is 2.35. The van der Waals surface area contributed by atoms with E-state index < -0.39 is 5.60 Å². The van der Waals surface area contributed by atoms with Gasteiger partial charge >= 0.3 is 0 Å². The van der Waals surface area contributed by atoms with Crippen LogP contribution in [0.3, 0.4) is 0 Å². The molecule has 0 amide bonds. The van der Waals surface area contributed by atoms with Crippen molar-refractivity contribution in [2.45, 2.75) is 25.4 Å². The van der Waals surface area contributed by atoms with Gasteiger partial charge in [0.15, 0.2) is 5.82 Å². The van der Waals surface area contributed by atoms with Crippen LogP contribution in [-0.2, 0) is 10.3 Å². The van der Waals surface area contributed by atoms with Crippen molar-refractivity contribution in [3.63, 3.8) is 0 Å². The molecule has 2 heterocycles. The fourth-order valence-electron chi connectivity index (χ4n) is 1.58. The number of hydrogen-bond acceptors (Lipinski definition) is 3. The monoisotopic (exact) mass is 232 g/mol. The van der Waals surface area contributed by atoms with Gasteiger partial charge in [0.2, 0.25) is 0 Å². The van der Waals surface area contributed by atoms with Crippen LogP contribution in [0.25, 0.3) is 0 Å². The summed E-state index contributed by atoms with van der Waals surface area (Å²) in [5.41, 5.74) is -0.422. The molecule has 1 aromatic rings. The average molecular weight is 233 g/mol. The van der Waals surface area contributed by atoms with Crippen LogP contribution in [0.5, 0.6) is 0 Å². The van der Waals surface area contributed by atoms with E-state index >= 15 is 0 Å². The molecule has 1 saturated heterocycles. The maximum atomic E-state index is 5.80. The van der Waals surface area contributed by atoms with Gasteiger partial charge in [0.05, 0.1) is 0 Å². The molecule has 1 aliphatic heterocycles. The van der Waals surface area contributed by atoms with Gasteiger partial charge in [-0.1, -0.05) is 23.2 Å². The molecule has 0 bridgehead atoms. The first-order chi connectivity index (χ1) is 6.60. The van der Waals surface area contributed by atoms with Crippen LogP contribution in [0.2, 0.25) is 10.3 Å². The van der Waals surface area contributed by atoms with Crippen molar-refractivity contribution < 1.29 is 4.74 Å². The second-order valence-electron chi connectivity index (χ2n) is 3.52. The van der Waals surface area contributed by atoms with Gasteiger partial charge in [0.1, 0.15) is 15.9 Å². The van der Waals surface area contributed by atoms with Gasteiger partial charge in [-0.3, -0.25) is 0 Å². The molecule has 5 heteroatoms. The van der Waals surface area contributed by atoms with Gasteiger partial charge in [0.25, 0.3) is 0 Å². The van der Waals surface area contributed by atoms with Crippen LogP contribution in [0.15, 0.2) is 6.07 Å². The van der Waals surface area contributed by atoms with Crippen molar-refractivity contribution in [2.24, 2.45) is 0 Å². The Labute approximate surface area is 92.4 Å². The molecule has 1 fully saturated rings. The number of rotatable bonds is 1. The van der Waals surface area contributed by atoms with E-state index in [2.05, 4.69) is 9.97 Å². The molecule has 0 N–H and O–H groups in total. The molecule has 1 unspecified atom stereocenters. The quantitative estimate of drug-likeness (QED) is 0.699. The topological polar surface area (TPSA) is 35.0 Å². The summed E-state index contributed by atoms with van der Waals surface area (Å²) in [5.74, 6) is 0.576. The predicted molar refractivity (Wildman–Crippen MR) is 54.6 cm³/mol. The largest absolute Gasteiger partial charge is 0.367 e. The molecule has 76 valence electrons. The van der Waals surface area contributed by atoms with Gasteiger partial charge < -0.3 is 4.74 Å². The minimum absolute atomic E-state index is 0.358. The molecule has 0 aliphatic carbocycles. The molecular weight excluding hydrogens is 223 g/mol. The zero-order chi connectivity index (χ0) is 10.2. The molecular formula is C9H10Cl2N2O. The molecule has 1 aromatic heterocycles. The van der Waals surface area contributed by atoms with E-state index in [0.29, 0.717) is 16.1 Å². The zero-order valence-electron chi connectivity index (χ0n) is 7.76. The smallest absolute Gasteiger partial charge is 0.163 e. The lowest BCUT2D eigenvalue weighted by molar-refractivity contribution is 0.00934. The third kappa shape index (κ3) is 1.85. The van der Waals surface area contributed by atoms with E-state index in [-0.39, 0.29) is 0 Å². The number of ether oxygens (including phenoxy) is 1. The number of nitrogens with zero attached hydrogens (tertiary/aromatic N) is 2. The average Bonchev–Trinajstić information content (AvgIpc) is 2.52. The summed E-state index contributed by atoms with van der Waals surface area (Å²) >= 11 is 11.6. The van der Waals surface area contributed by atoms with E-state index in [0.717, 1.165) is 19.4 Å². The molecule has 3 nitrogen and oxygen atoms in total. The Bertz CT molecular complexity index is 330. The van der Waals surface area contributed by atoms with Crippen molar-refractivity contribution in [3.8, 4) is 0 Å². The van der Waals surface area contributed by atoms with E-state index in [9.17, 15) is 0 Å². The summed E-state index contributed by atoms with van der Waals surface area (Å²) in [6.45, 7) is 2.70. The third-order valence-electron chi connectivity index (χ3n) is 2.36. The lowest BCUT2D eigenvalue weighted by atomic mass is 10.0. The van der Waals surface area contributed by atoms with Gasteiger partial charge in [-0.25, -0.2) is 9.97 Å². The van der Waals surface area contributed by atoms with Crippen LogP contribution >= 0.6 is 23.2 Å². The minimum Gasteiger partial charge on any atom is -0.367 e. The molecule has 2 rings (SSSR count). The highest BCUT2D eigenvalue weighted by Crippen LogP contribution is 2.34. The highest BCUT2D eigenvalue weighted by atomic mass is 35.5. The SMILES string of the molecule is CC1(c2nc(Cl)cc(Cl)n2)CCCO1. The lowest BCUT2D eigenvalue weighted by Crippen LogP contribution is -2.23. The summed E-state index contributed by atoms with van der Waals surface area (Å²) in [6.07, 6.45) is 1.92. The molecule has 0 radical (unpaired) electrons. The van der Waals surface area contributed by atoms with Crippen molar-refractivity contribution in [2.75, 3.05) is 6.61 Å². The third-order valence-corrected chi connectivity index (χ3v) is 2.74. The molecule has 1 aliphatic rings. The molecule has 14 heavy (non-hydrogen) atoms. The highest BCUT2D eigenvalue weighted by molar-refractivity contribution is 6.33. The number of hydrogen-bond donors (Lipinski definition) is 0. The maximum absolute atomic E-state index is 5.80. The van der Waals surface area contributed by atoms with Crippen LogP contribution in [-0.4, -0.2) is 16.6 Å². The van der Waals surface area contributed by atoms with Crippen LogP contribution in [0.1, 0.15) is 25.6 Å². The first-order valence-corrected chi connectivity index (χ1v) is 5.20. The second kappa shape index (κ2) is 3.65. The zero-order valence-corrected chi connectivity index (χ0v) is 9.27. The van der Waals surface area contributed by atoms with Gasteiger partial charge in [-0.15, -0.1) is 0 Å². The Morgan fingerprint density at radius 2 is 2.00 bits per heavy atom. The summed E-state index contributed by atoms with van der Waals surface area (Å²) in [7, 11) is 0. The molecule has 1 atom stereocenters. The summed E-state index contributed by atoms with van der Waals surface area (Å²) < 4.78 is 5.59. The predicted octanol–water partition coefficient (Wildman–Crippen LogP) is 2.81. The van der Waals surface area contributed by atoms with E-state index in [1.807, 2.05) is 6.92 Å². The Hall–Kier alpha value is -0.380. The van der Waals surface area contributed by atoms with Crippen molar-refractivity contribution in [1.29, 1.82) is 0 Å². The Balaban J connectivity index is 2.40. The second-order valence-corrected chi connectivity index (χ2v) is 4.29. The Kier molecular flexibility index (Phi) is 2.64. The first kappa shape index (κ1) is 10.1. The molecule has 0 saturated carbocycles. The fourth-order valence-corrected chi connectivity index (χ4v) is 2.00. The first-order valence-electron chi connectivity index (χ1n) is 4.45. The standard InChI is InChI=1S/C9H10Cl2N2O/c1-9(3-2-4-14-9)8-12-6(10)5-7(11)13-8/h5H,2-4H2,1H3. The van der Waals surface area contributed by atoms with E-state index in [1.165, 1.54) is 6.07 Å². The van der Waals surface area contributed by atoms with Gasteiger partial charge in [-0.05, 0) is 19.8 Å². The summed E-state index contributed by atoms with van der Waals surface area (Å²) in [4.78, 5) is 8.27. The van der Waals surface area contributed by atoms with Crippen molar-refractivity contribution in [1.82, 2.24) is 9.97 Å². The summed E-state index contributed by atoms with van der Waals surface area (Å²) in [6, 6.07) is 1.52. The van der Waals surface area contributed by atoms with E-state index in [1.54, 1.807) is 0 Å². The molecule has 0 aromatic carbocycles. The van der Waals surface area contributed by atoms with E-state index in [4.69, 9.17) is 27.9 Å². The fraction of sp³-hybridized carbons (Fsp3) is 0.556. The number of halogens is 2. The maximum Gasteiger partial charge on any atom is 0.163 e. The summed E-state index contributed by atoms with van der Waals surface area (Å²) in [5, 5.41) is 0.716.